The van der Waals surface area contributed by atoms with Crippen molar-refractivity contribution < 1.29 is 9.13 Å². The van der Waals surface area contributed by atoms with Crippen LogP contribution in [0.15, 0.2) is 42.5 Å². The van der Waals surface area contributed by atoms with Gasteiger partial charge in [0.1, 0.15) is 11.6 Å². The average molecular weight is 271 g/mol. The lowest BCUT2D eigenvalue weighted by Gasteiger charge is -2.29. The lowest BCUT2D eigenvalue weighted by molar-refractivity contribution is 0.245. The van der Waals surface area contributed by atoms with Gasteiger partial charge in [-0.25, -0.2) is 4.39 Å². The molecule has 0 fully saturated rings. The summed E-state index contributed by atoms with van der Waals surface area (Å²) >= 11 is 0. The van der Waals surface area contributed by atoms with Gasteiger partial charge >= 0.3 is 0 Å². The smallest absolute Gasteiger partial charge is 0.123 e. The van der Waals surface area contributed by atoms with Crippen molar-refractivity contribution in [3.63, 3.8) is 0 Å². The molecule has 2 nitrogen and oxygen atoms in total. The summed E-state index contributed by atoms with van der Waals surface area (Å²) in [5.74, 6) is 0.731. The Morgan fingerprint density at radius 3 is 2.65 bits per heavy atom. The van der Waals surface area contributed by atoms with Crippen molar-refractivity contribution in [2.75, 3.05) is 13.7 Å². The third-order valence-corrected chi connectivity index (χ3v) is 3.82. The molecule has 1 aliphatic heterocycles. The van der Waals surface area contributed by atoms with E-state index in [0.717, 1.165) is 37.4 Å². The van der Waals surface area contributed by atoms with E-state index in [1.54, 1.807) is 7.11 Å². The molecule has 2 aromatic rings. The third kappa shape index (κ3) is 2.83. The normalized spacial score (nSPS) is 14.9. The maximum Gasteiger partial charge on any atom is 0.123 e. The highest BCUT2D eigenvalue weighted by Crippen LogP contribution is 2.24. The Morgan fingerprint density at radius 1 is 1.10 bits per heavy atom. The van der Waals surface area contributed by atoms with E-state index < -0.39 is 0 Å². The predicted molar refractivity (Wildman–Crippen MR) is 77.2 cm³/mol. The van der Waals surface area contributed by atoms with Crippen LogP contribution in [-0.4, -0.2) is 18.6 Å². The lowest BCUT2D eigenvalue weighted by atomic mass is 9.99. The first-order valence-corrected chi connectivity index (χ1v) is 6.87. The van der Waals surface area contributed by atoms with Crippen molar-refractivity contribution in [1.29, 1.82) is 0 Å². The zero-order chi connectivity index (χ0) is 13.9. The van der Waals surface area contributed by atoms with Gasteiger partial charge in [-0.15, -0.1) is 0 Å². The Kier molecular flexibility index (Phi) is 3.70. The fourth-order valence-electron chi connectivity index (χ4n) is 2.70. The largest absolute Gasteiger partial charge is 0.497 e. The van der Waals surface area contributed by atoms with Gasteiger partial charge in [0.2, 0.25) is 0 Å². The average Bonchev–Trinajstić information content (AvgIpc) is 2.49. The summed E-state index contributed by atoms with van der Waals surface area (Å²) in [5, 5.41) is 0. The Balaban J connectivity index is 1.73. The zero-order valence-electron chi connectivity index (χ0n) is 11.6. The van der Waals surface area contributed by atoms with Crippen LogP contribution >= 0.6 is 0 Å². The summed E-state index contributed by atoms with van der Waals surface area (Å²) in [4.78, 5) is 2.38. The second-order valence-corrected chi connectivity index (χ2v) is 5.22. The zero-order valence-corrected chi connectivity index (χ0v) is 11.6. The second-order valence-electron chi connectivity index (χ2n) is 5.22. The molecule has 2 aromatic carbocycles. The van der Waals surface area contributed by atoms with Crippen molar-refractivity contribution >= 4 is 0 Å². The van der Waals surface area contributed by atoms with Crippen molar-refractivity contribution in [3.8, 4) is 5.75 Å². The van der Waals surface area contributed by atoms with E-state index in [0.29, 0.717) is 0 Å². The van der Waals surface area contributed by atoms with Crippen molar-refractivity contribution in [1.82, 2.24) is 4.90 Å². The first-order valence-electron chi connectivity index (χ1n) is 6.87. The summed E-state index contributed by atoms with van der Waals surface area (Å²) in [5.41, 5.74) is 3.89. The van der Waals surface area contributed by atoms with E-state index in [2.05, 4.69) is 17.0 Å². The molecule has 0 amide bonds. The van der Waals surface area contributed by atoms with Gasteiger partial charge in [0.05, 0.1) is 7.11 Å². The molecular weight excluding hydrogens is 253 g/mol. The van der Waals surface area contributed by atoms with Crippen LogP contribution in [0, 0.1) is 5.82 Å². The van der Waals surface area contributed by atoms with Crippen molar-refractivity contribution in [2.24, 2.45) is 0 Å². The van der Waals surface area contributed by atoms with E-state index in [9.17, 15) is 4.39 Å². The van der Waals surface area contributed by atoms with Gasteiger partial charge < -0.3 is 4.74 Å². The number of ether oxygens (including phenoxy) is 1. The van der Waals surface area contributed by atoms with Crippen LogP contribution in [0.4, 0.5) is 4.39 Å². The molecule has 0 unspecified atom stereocenters. The third-order valence-electron chi connectivity index (χ3n) is 3.82. The van der Waals surface area contributed by atoms with Crippen LogP contribution < -0.4 is 4.74 Å². The van der Waals surface area contributed by atoms with E-state index >= 15 is 0 Å². The molecule has 3 heteroatoms. The molecule has 104 valence electrons. The Morgan fingerprint density at radius 2 is 1.90 bits per heavy atom. The molecule has 1 aliphatic rings. The minimum absolute atomic E-state index is 0.178. The molecule has 0 aliphatic carbocycles. The molecule has 0 bridgehead atoms. The van der Waals surface area contributed by atoms with Crippen LogP contribution in [0.3, 0.4) is 0 Å². The van der Waals surface area contributed by atoms with Gasteiger partial charge in [0.15, 0.2) is 0 Å². The number of methoxy groups -OCH3 is 1. The number of benzene rings is 2. The predicted octanol–water partition coefficient (Wildman–Crippen LogP) is 3.39. The molecule has 20 heavy (non-hydrogen) atoms. The Hall–Kier alpha value is -1.87. The Labute approximate surface area is 118 Å². The minimum Gasteiger partial charge on any atom is -0.497 e. The lowest BCUT2D eigenvalue weighted by Crippen LogP contribution is -2.30. The number of nitrogens with zero attached hydrogens (tertiary/aromatic N) is 1. The standard InChI is InChI=1S/C17H18FNO/c1-20-17-7-4-14-8-9-19(12-15(14)10-17)11-13-2-5-16(18)6-3-13/h2-7,10H,8-9,11-12H2,1H3. The molecule has 3 rings (SSSR count). The van der Waals surface area contributed by atoms with Crippen molar-refractivity contribution in [2.45, 2.75) is 19.5 Å². The highest BCUT2D eigenvalue weighted by atomic mass is 19.1. The van der Waals surface area contributed by atoms with Crippen LogP contribution in [0.25, 0.3) is 0 Å². The van der Waals surface area contributed by atoms with E-state index in [1.165, 1.54) is 23.3 Å². The summed E-state index contributed by atoms with van der Waals surface area (Å²) in [6.45, 7) is 2.82. The molecule has 0 saturated heterocycles. The number of rotatable bonds is 3. The topological polar surface area (TPSA) is 12.5 Å². The number of halogens is 1. The van der Waals surface area contributed by atoms with Gasteiger partial charge in [-0.2, -0.15) is 0 Å². The first-order chi connectivity index (χ1) is 9.74. The van der Waals surface area contributed by atoms with Gasteiger partial charge in [-0.1, -0.05) is 18.2 Å². The van der Waals surface area contributed by atoms with Gasteiger partial charge in [-0.3, -0.25) is 4.90 Å². The van der Waals surface area contributed by atoms with Crippen LogP contribution in [0.5, 0.6) is 5.75 Å². The summed E-state index contributed by atoms with van der Waals surface area (Å²) in [6.07, 6.45) is 1.06. The van der Waals surface area contributed by atoms with Crippen LogP contribution in [-0.2, 0) is 19.5 Å². The molecule has 0 spiro atoms. The fraction of sp³-hybridized carbons (Fsp3) is 0.294. The fourth-order valence-corrected chi connectivity index (χ4v) is 2.70. The molecule has 0 saturated carbocycles. The maximum absolute atomic E-state index is 12.9. The number of hydrogen-bond acceptors (Lipinski definition) is 2. The molecule has 0 radical (unpaired) electrons. The summed E-state index contributed by atoms with van der Waals surface area (Å²) in [7, 11) is 1.70. The van der Waals surface area contributed by atoms with Gasteiger partial charge in [0.25, 0.3) is 0 Å². The highest BCUT2D eigenvalue weighted by molar-refractivity contribution is 5.37. The minimum atomic E-state index is -0.178. The molecule has 0 N–H and O–H groups in total. The first kappa shape index (κ1) is 13.1. The maximum atomic E-state index is 12.9. The molecular formula is C17H18FNO. The van der Waals surface area contributed by atoms with Crippen molar-refractivity contribution in [3.05, 3.63) is 65.0 Å². The van der Waals surface area contributed by atoms with Gasteiger partial charge in [0, 0.05) is 19.6 Å². The SMILES string of the molecule is COc1ccc2c(c1)CN(Cc1ccc(F)cc1)CC2. The number of hydrogen-bond donors (Lipinski definition) is 0. The van der Waals surface area contributed by atoms with Gasteiger partial charge in [-0.05, 0) is 47.4 Å². The summed E-state index contributed by atoms with van der Waals surface area (Å²) in [6, 6.07) is 13.1. The number of fused-ring (bicyclic) bond motifs is 1. The molecule has 0 atom stereocenters. The van der Waals surface area contributed by atoms with Crippen LogP contribution in [0.1, 0.15) is 16.7 Å². The van der Waals surface area contributed by atoms with Crippen LogP contribution in [0.2, 0.25) is 0 Å². The Bertz CT molecular complexity index is 594. The van der Waals surface area contributed by atoms with E-state index in [1.807, 2.05) is 18.2 Å². The monoisotopic (exact) mass is 271 g/mol. The highest BCUT2D eigenvalue weighted by Gasteiger charge is 2.16. The quantitative estimate of drug-likeness (QED) is 0.848. The molecule has 0 aromatic heterocycles. The molecule has 1 heterocycles. The second kappa shape index (κ2) is 5.63. The van der Waals surface area contributed by atoms with E-state index in [4.69, 9.17) is 4.74 Å². The van der Waals surface area contributed by atoms with E-state index in [-0.39, 0.29) is 5.82 Å². The summed E-state index contributed by atoms with van der Waals surface area (Å²) < 4.78 is 18.2.